The highest BCUT2D eigenvalue weighted by molar-refractivity contribution is 5.93. The molecule has 0 saturated carbocycles. The Morgan fingerprint density at radius 2 is 1.96 bits per heavy atom. The van der Waals surface area contributed by atoms with Gasteiger partial charge in [-0.25, -0.2) is 9.97 Å². The molecule has 7 nitrogen and oxygen atoms in total. The number of carbonyl (C=O) groups is 1. The summed E-state index contributed by atoms with van der Waals surface area (Å²) < 4.78 is 10.5. The Morgan fingerprint density at radius 3 is 2.68 bits per heavy atom. The molecule has 1 aliphatic heterocycles. The third-order valence-corrected chi connectivity index (χ3v) is 4.28. The third kappa shape index (κ3) is 3.99. The number of ether oxygens (including phenoxy) is 2. The summed E-state index contributed by atoms with van der Waals surface area (Å²) in [5, 5.41) is 2.97. The molecule has 0 unspecified atom stereocenters. The molecule has 3 rings (SSSR count). The zero-order valence-corrected chi connectivity index (χ0v) is 14.4. The average Bonchev–Trinajstić information content (AvgIpc) is 2.68. The molecule has 1 aromatic heterocycles. The van der Waals surface area contributed by atoms with Crippen molar-refractivity contribution < 1.29 is 14.3 Å². The van der Waals surface area contributed by atoms with Crippen LogP contribution in [0.2, 0.25) is 0 Å². The number of nitrogens with one attached hydrogen (secondary N) is 1. The Balaban J connectivity index is 1.67. The van der Waals surface area contributed by atoms with Crippen molar-refractivity contribution >= 4 is 17.5 Å². The number of carbonyl (C=O) groups excluding carboxylic acids is 1. The molecule has 2 heterocycles. The van der Waals surface area contributed by atoms with Crippen LogP contribution in [0.25, 0.3) is 0 Å². The molecule has 25 heavy (non-hydrogen) atoms. The Hall–Kier alpha value is -2.83. The first kappa shape index (κ1) is 17.0. The lowest BCUT2D eigenvalue weighted by Gasteiger charge is -2.31. The monoisotopic (exact) mass is 342 g/mol. The van der Waals surface area contributed by atoms with E-state index in [1.54, 1.807) is 50.9 Å². The summed E-state index contributed by atoms with van der Waals surface area (Å²) in [6.45, 7) is 1.48. The van der Waals surface area contributed by atoms with Gasteiger partial charge in [0.15, 0.2) is 11.5 Å². The highest BCUT2D eigenvalue weighted by atomic mass is 16.5. The maximum atomic E-state index is 12.6. The molecular formula is C18H22N4O3. The molecule has 1 saturated heterocycles. The molecule has 1 amide bonds. The van der Waals surface area contributed by atoms with Crippen molar-refractivity contribution in [1.82, 2.24) is 9.97 Å². The van der Waals surface area contributed by atoms with Crippen molar-refractivity contribution in [1.29, 1.82) is 0 Å². The summed E-state index contributed by atoms with van der Waals surface area (Å²) >= 11 is 0. The first-order valence-corrected chi connectivity index (χ1v) is 8.26. The molecule has 1 N–H and O–H groups in total. The van der Waals surface area contributed by atoms with Gasteiger partial charge in [0.1, 0.15) is 0 Å². The van der Waals surface area contributed by atoms with Crippen molar-refractivity contribution in [2.24, 2.45) is 5.92 Å². The van der Waals surface area contributed by atoms with Gasteiger partial charge in [0.2, 0.25) is 11.9 Å². The van der Waals surface area contributed by atoms with Crippen LogP contribution >= 0.6 is 0 Å². The molecule has 0 radical (unpaired) electrons. The quantitative estimate of drug-likeness (QED) is 0.899. The van der Waals surface area contributed by atoms with Gasteiger partial charge < -0.3 is 19.7 Å². The SMILES string of the molecule is COc1ccc(NC(=O)[C@H]2CCCN(c3ncccn3)C2)cc1OC. The van der Waals surface area contributed by atoms with Gasteiger partial charge in [-0.2, -0.15) is 0 Å². The number of amides is 1. The molecule has 2 aromatic rings. The third-order valence-electron chi connectivity index (χ3n) is 4.28. The molecule has 1 fully saturated rings. The predicted octanol–water partition coefficient (Wildman–Crippen LogP) is 2.35. The molecule has 0 bridgehead atoms. The normalized spacial score (nSPS) is 17.0. The van der Waals surface area contributed by atoms with Gasteiger partial charge in [-0.05, 0) is 31.0 Å². The zero-order valence-electron chi connectivity index (χ0n) is 14.4. The number of nitrogens with zero attached hydrogens (tertiary/aromatic N) is 3. The molecular weight excluding hydrogens is 320 g/mol. The van der Waals surface area contributed by atoms with E-state index in [0.29, 0.717) is 29.7 Å². The summed E-state index contributed by atoms with van der Waals surface area (Å²) in [5.74, 6) is 1.78. The van der Waals surface area contributed by atoms with Crippen molar-refractivity contribution in [2.75, 3.05) is 37.5 Å². The van der Waals surface area contributed by atoms with Crippen molar-refractivity contribution in [2.45, 2.75) is 12.8 Å². The zero-order chi connectivity index (χ0) is 17.6. The number of hydrogen-bond acceptors (Lipinski definition) is 6. The topological polar surface area (TPSA) is 76.6 Å². The van der Waals surface area contributed by atoms with E-state index >= 15 is 0 Å². The van der Waals surface area contributed by atoms with Gasteiger partial charge in [0.25, 0.3) is 0 Å². The minimum Gasteiger partial charge on any atom is -0.493 e. The number of rotatable bonds is 5. The minimum atomic E-state index is -0.106. The van der Waals surface area contributed by atoms with E-state index in [0.717, 1.165) is 19.4 Å². The Morgan fingerprint density at radius 1 is 1.20 bits per heavy atom. The lowest BCUT2D eigenvalue weighted by molar-refractivity contribution is -0.120. The molecule has 7 heteroatoms. The predicted molar refractivity (Wildman–Crippen MR) is 95.1 cm³/mol. The van der Waals surface area contributed by atoms with Crippen LogP contribution in [-0.2, 0) is 4.79 Å². The Labute approximate surface area is 147 Å². The van der Waals surface area contributed by atoms with E-state index in [1.165, 1.54) is 0 Å². The van der Waals surface area contributed by atoms with Crippen LogP contribution in [0.3, 0.4) is 0 Å². The highest BCUT2D eigenvalue weighted by Crippen LogP contribution is 2.30. The number of methoxy groups -OCH3 is 2. The summed E-state index contributed by atoms with van der Waals surface area (Å²) in [6.07, 6.45) is 5.22. The van der Waals surface area contributed by atoms with Crippen molar-refractivity contribution in [3.8, 4) is 11.5 Å². The van der Waals surface area contributed by atoms with Gasteiger partial charge in [0.05, 0.1) is 20.1 Å². The second kappa shape index (κ2) is 7.83. The number of anilines is 2. The van der Waals surface area contributed by atoms with Crippen molar-refractivity contribution in [3.63, 3.8) is 0 Å². The van der Waals surface area contributed by atoms with E-state index in [9.17, 15) is 4.79 Å². The number of piperidine rings is 1. The van der Waals surface area contributed by atoms with E-state index in [1.807, 2.05) is 0 Å². The molecule has 1 aliphatic rings. The van der Waals surface area contributed by atoms with E-state index in [2.05, 4.69) is 20.2 Å². The van der Waals surface area contributed by atoms with Crippen LogP contribution < -0.4 is 19.7 Å². The molecule has 132 valence electrons. The minimum absolute atomic E-state index is 0.00662. The lowest BCUT2D eigenvalue weighted by Crippen LogP contribution is -2.41. The molecule has 0 aliphatic carbocycles. The first-order valence-electron chi connectivity index (χ1n) is 8.26. The maximum absolute atomic E-state index is 12.6. The molecule has 0 spiro atoms. The van der Waals surface area contributed by atoms with Crippen LogP contribution in [0, 0.1) is 5.92 Å². The molecule has 1 atom stereocenters. The van der Waals surface area contributed by atoms with E-state index in [-0.39, 0.29) is 11.8 Å². The average molecular weight is 342 g/mol. The second-order valence-corrected chi connectivity index (χ2v) is 5.89. The number of benzene rings is 1. The summed E-state index contributed by atoms with van der Waals surface area (Å²) in [4.78, 5) is 23.3. The van der Waals surface area contributed by atoms with Gasteiger partial charge in [-0.15, -0.1) is 0 Å². The van der Waals surface area contributed by atoms with Gasteiger partial charge >= 0.3 is 0 Å². The maximum Gasteiger partial charge on any atom is 0.229 e. The van der Waals surface area contributed by atoms with Crippen LogP contribution in [0.4, 0.5) is 11.6 Å². The van der Waals surface area contributed by atoms with E-state index in [4.69, 9.17) is 9.47 Å². The van der Waals surface area contributed by atoms with Gasteiger partial charge in [-0.3, -0.25) is 4.79 Å². The van der Waals surface area contributed by atoms with Gasteiger partial charge in [-0.1, -0.05) is 0 Å². The standard InChI is InChI=1S/C18H22N4O3/c1-24-15-7-6-14(11-16(15)25-2)21-17(23)13-5-3-10-22(12-13)18-19-8-4-9-20-18/h4,6-9,11,13H,3,5,10,12H2,1-2H3,(H,21,23)/t13-/m0/s1. The van der Waals surface area contributed by atoms with Crippen molar-refractivity contribution in [3.05, 3.63) is 36.7 Å². The Kier molecular flexibility index (Phi) is 5.33. The van der Waals surface area contributed by atoms with Crippen LogP contribution in [-0.4, -0.2) is 43.2 Å². The number of hydrogen-bond donors (Lipinski definition) is 1. The lowest BCUT2D eigenvalue weighted by atomic mass is 9.97. The second-order valence-electron chi connectivity index (χ2n) is 5.89. The fourth-order valence-corrected chi connectivity index (χ4v) is 2.99. The van der Waals surface area contributed by atoms with Crippen LogP contribution in [0.5, 0.6) is 11.5 Å². The highest BCUT2D eigenvalue weighted by Gasteiger charge is 2.27. The fourth-order valence-electron chi connectivity index (χ4n) is 2.99. The van der Waals surface area contributed by atoms with E-state index < -0.39 is 0 Å². The fraction of sp³-hybridized carbons (Fsp3) is 0.389. The summed E-state index contributed by atoms with van der Waals surface area (Å²) in [7, 11) is 3.15. The van der Waals surface area contributed by atoms with Gasteiger partial charge in [0, 0.05) is 37.2 Å². The summed E-state index contributed by atoms with van der Waals surface area (Å²) in [5.41, 5.74) is 0.690. The molecule has 1 aromatic carbocycles. The largest absolute Gasteiger partial charge is 0.493 e. The van der Waals surface area contributed by atoms with Crippen LogP contribution in [0.1, 0.15) is 12.8 Å². The summed E-state index contributed by atoms with van der Waals surface area (Å²) in [6, 6.07) is 7.13. The first-order chi connectivity index (χ1) is 12.2. The Bertz CT molecular complexity index is 724. The van der Waals surface area contributed by atoms with Crippen LogP contribution in [0.15, 0.2) is 36.7 Å². The number of aromatic nitrogens is 2. The smallest absolute Gasteiger partial charge is 0.229 e.